The first kappa shape index (κ1) is 8.35. The maximum Gasteiger partial charge on any atom is 0.421 e. The van der Waals surface area contributed by atoms with Crippen molar-refractivity contribution >= 4 is 6.03 Å². The van der Waals surface area contributed by atoms with E-state index in [1.807, 2.05) is 6.92 Å². The Hall–Kier alpha value is -0.650. The molecule has 0 bridgehead atoms. The van der Waals surface area contributed by atoms with Gasteiger partial charge in [-0.2, -0.15) is 5.84 Å². The molecule has 0 aromatic rings. The van der Waals surface area contributed by atoms with Gasteiger partial charge in [-0.05, 0) is 0 Å². The smallest absolute Gasteiger partial charge is 0.421 e. The van der Waals surface area contributed by atoms with Crippen molar-refractivity contribution in [1.29, 1.82) is 0 Å². The topological polar surface area (TPSA) is 87.7 Å². The highest BCUT2D eigenvalue weighted by Gasteiger charge is 1.97. The van der Waals surface area contributed by atoms with E-state index in [0.29, 0.717) is 6.54 Å². The van der Waals surface area contributed by atoms with E-state index in [4.69, 9.17) is 11.6 Å². The molecular formula is C4H12N4O. The summed E-state index contributed by atoms with van der Waals surface area (Å²) in [5, 5.41) is -0.0862. The average molecular weight is 132 g/mol. The fourth-order valence-electron chi connectivity index (χ4n) is 0.310. The number of amides is 2. The highest BCUT2D eigenvalue weighted by molar-refractivity contribution is 5.61. The molecular weight excluding hydrogens is 120 g/mol. The summed E-state index contributed by atoms with van der Waals surface area (Å²) < 4.78 is 0. The number of primary amides is 1. The number of hydrogen-bond acceptors (Lipinski definition) is 2. The fraction of sp³-hybridized carbons (Fsp3) is 0.750. The van der Waals surface area contributed by atoms with Gasteiger partial charge in [-0.15, -0.1) is 6.54 Å². The lowest BCUT2D eigenvalue weighted by molar-refractivity contribution is -0.787. The van der Waals surface area contributed by atoms with E-state index in [1.54, 1.807) is 0 Å². The molecule has 5 N–H and O–H groups in total. The van der Waals surface area contributed by atoms with Crippen LogP contribution < -0.4 is 16.7 Å². The van der Waals surface area contributed by atoms with Gasteiger partial charge in [0.25, 0.3) is 0 Å². The Balaban J connectivity index is 3.27. The Labute approximate surface area is 53.9 Å². The van der Waals surface area contributed by atoms with Crippen molar-refractivity contribution in [1.82, 2.24) is 0 Å². The normalized spacial score (nSPS) is 13.1. The van der Waals surface area contributed by atoms with Crippen molar-refractivity contribution in [2.45, 2.75) is 13.3 Å². The number of carbonyl (C=O) groups is 1. The maximum atomic E-state index is 10.2. The van der Waals surface area contributed by atoms with Crippen LogP contribution in [0.25, 0.3) is 5.43 Å². The number of quaternary nitrogens is 1. The van der Waals surface area contributed by atoms with E-state index in [1.165, 1.54) is 0 Å². The summed E-state index contributed by atoms with van der Waals surface area (Å²) in [6.07, 6.45) is 0.869. The molecule has 0 aromatic heterocycles. The van der Waals surface area contributed by atoms with Gasteiger partial charge < -0.3 is 11.2 Å². The monoisotopic (exact) mass is 132 g/mol. The molecule has 0 radical (unpaired) electrons. The molecule has 0 heterocycles. The zero-order valence-electron chi connectivity index (χ0n) is 5.42. The third-order valence-electron chi connectivity index (χ3n) is 0.758. The molecule has 54 valence electrons. The van der Waals surface area contributed by atoms with Crippen LogP contribution in [0.15, 0.2) is 0 Å². The summed E-state index contributed by atoms with van der Waals surface area (Å²) in [4.78, 5) is 10.2. The molecule has 2 amide bonds. The van der Waals surface area contributed by atoms with E-state index in [9.17, 15) is 4.79 Å². The van der Waals surface area contributed by atoms with Crippen LogP contribution in [0.2, 0.25) is 0 Å². The number of carbonyl (C=O) groups excluding carboxylic acids is 1. The lowest BCUT2D eigenvalue weighted by Gasteiger charge is -2.20. The van der Waals surface area contributed by atoms with E-state index < -0.39 is 6.03 Å². The molecule has 0 aliphatic heterocycles. The molecule has 5 heteroatoms. The Bertz CT molecular complexity index is 94.6. The molecule has 0 spiro atoms. The van der Waals surface area contributed by atoms with Crippen LogP contribution >= 0.6 is 0 Å². The van der Waals surface area contributed by atoms with E-state index in [2.05, 4.69) is 5.43 Å². The maximum absolute atomic E-state index is 10.2. The minimum atomic E-state index is -0.650. The fourth-order valence-corrected chi connectivity index (χ4v) is 0.310. The van der Waals surface area contributed by atoms with Crippen molar-refractivity contribution in [3.63, 3.8) is 0 Å². The Kier molecular flexibility index (Phi) is 3.94. The molecule has 0 fully saturated rings. The van der Waals surface area contributed by atoms with Gasteiger partial charge in [0.15, 0.2) is 0 Å². The van der Waals surface area contributed by atoms with Crippen molar-refractivity contribution in [3.05, 3.63) is 5.43 Å². The molecule has 0 rings (SSSR count). The number of nitrogens with one attached hydrogen (secondary N) is 1. The standard InChI is InChI=1S/C4H12N4O/c1-2-3-7-8(6)4(5)9/h8H,2-3,6H2,1H3,(H2,5,9). The van der Waals surface area contributed by atoms with E-state index >= 15 is 0 Å². The second-order valence-electron chi connectivity index (χ2n) is 1.63. The minimum absolute atomic E-state index is 0.0862. The first-order valence-corrected chi connectivity index (χ1v) is 2.78. The third kappa shape index (κ3) is 3.89. The van der Waals surface area contributed by atoms with Gasteiger partial charge in [0.05, 0.1) is 0 Å². The number of nitrogens with zero attached hydrogens (tertiary/aromatic N) is 1. The summed E-state index contributed by atoms with van der Waals surface area (Å²) in [6.45, 7) is 2.51. The second-order valence-corrected chi connectivity index (χ2v) is 1.63. The van der Waals surface area contributed by atoms with Crippen molar-refractivity contribution in [2.24, 2.45) is 11.6 Å². The molecule has 0 saturated carbocycles. The summed E-state index contributed by atoms with van der Waals surface area (Å²) >= 11 is 0. The molecule has 1 atom stereocenters. The van der Waals surface area contributed by atoms with Crippen LogP contribution in [0.4, 0.5) is 4.79 Å². The molecule has 0 aliphatic rings. The largest absolute Gasteiger partial charge is 0.424 e. The van der Waals surface area contributed by atoms with E-state index in [-0.39, 0.29) is 5.12 Å². The van der Waals surface area contributed by atoms with Gasteiger partial charge in [-0.25, -0.2) is 9.91 Å². The minimum Gasteiger partial charge on any atom is -0.424 e. The summed E-state index contributed by atoms with van der Waals surface area (Å²) in [7, 11) is 0. The second kappa shape index (κ2) is 4.25. The first-order chi connectivity index (χ1) is 4.18. The van der Waals surface area contributed by atoms with Gasteiger partial charge in [0.2, 0.25) is 0 Å². The van der Waals surface area contributed by atoms with Crippen LogP contribution in [0.3, 0.4) is 0 Å². The van der Waals surface area contributed by atoms with Gasteiger partial charge in [-0.1, -0.05) is 13.3 Å². The number of nitrogens with two attached hydrogens (primary N) is 2. The lowest BCUT2D eigenvalue weighted by atomic mass is 10.5. The van der Waals surface area contributed by atoms with Crippen LogP contribution in [0.5, 0.6) is 0 Å². The number of rotatable bonds is 3. The van der Waals surface area contributed by atoms with Crippen LogP contribution in [-0.2, 0) is 0 Å². The third-order valence-corrected chi connectivity index (χ3v) is 0.758. The Morgan fingerprint density at radius 2 is 2.33 bits per heavy atom. The molecule has 0 aromatic carbocycles. The van der Waals surface area contributed by atoms with Crippen LogP contribution in [0, 0.1) is 0 Å². The molecule has 1 unspecified atom stereocenters. The number of urea groups is 1. The molecule has 5 nitrogen and oxygen atoms in total. The average Bonchev–Trinajstić information content (AvgIpc) is 1.82. The zero-order chi connectivity index (χ0) is 7.28. The zero-order valence-corrected chi connectivity index (χ0v) is 5.42. The SMILES string of the molecule is CCC[N-][NH+](N)C(N)=O. The van der Waals surface area contributed by atoms with Crippen LogP contribution in [0.1, 0.15) is 13.3 Å². The highest BCUT2D eigenvalue weighted by atomic mass is 16.2. The Morgan fingerprint density at radius 3 is 2.67 bits per heavy atom. The highest BCUT2D eigenvalue weighted by Crippen LogP contribution is 1.75. The predicted octanol–water partition coefficient (Wildman–Crippen LogP) is -1.48. The molecule has 0 saturated heterocycles. The summed E-state index contributed by atoms with van der Waals surface area (Å²) in [5.41, 5.74) is 8.44. The van der Waals surface area contributed by atoms with Gasteiger partial charge in [-0.3, -0.25) is 0 Å². The summed E-state index contributed by atoms with van der Waals surface area (Å²) in [5.74, 6) is 5.08. The van der Waals surface area contributed by atoms with Crippen LogP contribution in [-0.4, -0.2) is 12.6 Å². The molecule has 9 heavy (non-hydrogen) atoms. The van der Waals surface area contributed by atoms with Crippen molar-refractivity contribution in [3.8, 4) is 0 Å². The summed E-state index contributed by atoms with van der Waals surface area (Å²) in [6, 6.07) is -0.650. The number of hydrogen-bond donors (Lipinski definition) is 3. The lowest BCUT2D eigenvalue weighted by Crippen LogP contribution is -3.17. The van der Waals surface area contributed by atoms with Gasteiger partial charge >= 0.3 is 6.03 Å². The predicted molar refractivity (Wildman–Crippen MR) is 33.3 cm³/mol. The Morgan fingerprint density at radius 1 is 1.78 bits per heavy atom. The van der Waals surface area contributed by atoms with Crippen molar-refractivity contribution < 1.29 is 9.91 Å². The quantitative estimate of drug-likeness (QED) is 0.248. The van der Waals surface area contributed by atoms with Gasteiger partial charge in [0.1, 0.15) is 0 Å². The van der Waals surface area contributed by atoms with Crippen molar-refractivity contribution in [2.75, 3.05) is 6.54 Å². The first-order valence-electron chi connectivity index (χ1n) is 2.78. The van der Waals surface area contributed by atoms with E-state index in [0.717, 1.165) is 6.42 Å². The molecule has 0 aliphatic carbocycles. The van der Waals surface area contributed by atoms with Gasteiger partial charge in [0, 0.05) is 0 Å².